The topological polar surface area (TPSA) is 26.3 Å². The molecule has 0 N–H and O–H groups in total. The Kier molecular flexibility index (Phi) is 4.42. The van der Waals surface area contributed by atoms with E-state index >= 15 is 0 Å². The summed E-state index contributed by atoms with van der Waals surface area (Å²) < 4.78 is 4.86. The number of hydrogen-bond acceptors (Lipinski definition) is 2. The van der Waals surface area contributed by atoms with Crippen molar-refractivity contribution in [2.75, 3.05) is 5.88 Å². The third-order valence-corrected chi connectivity index (χ3v) is 1.86. The lowest BCUT2D eigenvalue weighted by atomic mass is 10.3. The van der Waals surface area contributed by atoms with Crippen LogP contribution < -0.4 is 0 Å². The zero-order chi connectivity index (χ0) is 9.52. The predicted molar refractivity (Wildman–Crippen MR) is 51.1 cm³/mol. The number of ether oxygens (including phenoxy) is 1. The molecule has 0 amide bonds. The molecule has 0 spiro atoms. The Labute approximate surface area is 82.9 Å². The fourth-order valence-electron chi connectivity index (χ4n) is 0.934. The monoisotopic (exact) mass is 198 g/mol. The van der Waals surface area contributed by atoms with E-state index in [1.165, 1.54) is 0 Å². The molecule has 0 bridgehead atoms. The lowest BCUT2D eigenvalue weighted by molar-refractivity contribution is -0.135. The van der Waals surface area contributed by atoms with Crippen LogP contribution in [0.4, 0.5) is 0 Å². The molecule has 0 saturated carbocycles. The molecule has 1 heterocycles. The summed E-state index contributed by atoms with van der Waals surface area (Å²) in [5.74, 6) is 6.92. The Morgan fingerprint density at radius 1 is 1.54 bits per heavy atom. The van der Waals surface area contributed by atoms with Gasteiger partial charge in [-0.25, -0.2) is 0 Å². The van der Waals surface area contributed by atoms with Crippen LogP contribution in [0.2, 0.25) is 0 Å². The Hall–Kier alpha value is -0.940. The number of unbranched alkanes of at least 4 members (excludes halogenated alkanes) is 1. The van der Waals surface area contributed by atoms with E-state index in [1.807, 2.05) is 0 Å². The molecule has 0 aromatic carbocycles. The summed E-state index contributed by atoms with van der Waals surface area (Å²) in [4.78, 5) is 10.7. The number of hydrogen-bond donors (Lipinski definition) is 0. The van der Waals surface area contributed by atoms with Crippen molar-refractivity contribution < 1.29 is 9.53 Å². The van der Waals surface area contributed by atoms with E-state index in [-0.39, 0.29) is 5.97 Å². The molecule has 1 rings (SSSR count). The van der Waals surface area contributed by atoms with Crippen molar-refractivity contribution in [2.45, 2.75) is 25.7 Å². The van der Waals surface area contributed by atoms with Crippen molar-refractivity contribution in [3.8, 4) is 11.8 Å². The van der Waals surface area contributed by atoms with E-state index in [1.54, 1.807) is 6.08 Å². The van der Waals surface area contributed by atoms with Gasteiger partial charge in [0.1, 0.15) is 5.76 Å². The van der Waals surface area contributed by atoms with E-state index in [0.29, 0.717) is 24.5 Å². The standard InChI is InChI=1S/C10H11ClO2/c11-8-4-2-1-3-5-9-6-7-10(12)13-9/h5H,2,4,6-8H2/b9-5-. The highest BCUT2D eigenvalue weighted by atomic mass is 35.5. The van der Waals surface area contributed by atoms with Crippen LogP contribution in [-0.4, -0.2) is 11.8 Å². The maximum atomic E-state index is 10.7. The first-order valence-corrected chi connectivity index (χ1v) is 4.80. The molecular weight excluding hydrogens is 188 g/mol. The van der Waals surface area contributed by atoms with Gasteiger partial charge in [0.25, 0.3) is 0 Å². The van der Waals surface area contributed by atoms with Gasteiger partial charge in [0.05, 0.1) is 6.42 Å². The molecule has 0 radical (unpaired) electrons. The second-order valence-corrected chi connectivity index (χ2v) is 3.08. The first-order chi connectivity index (χ1) is 6.33. The highest BCUT2D eigenvalue weighted by Crippen LogP contribution is 2.16. The largest absolute Gasteiger partial charge is 0.430 e. The van der Waals surface area contributed by atoms with Crippen molar-refractivity contribution in [3.05, 3.63) is 11.8 Å². The van der Waals surface area contributed by atoms with Gasteiger partial charge in [0.15, 0.2) is 0 Å². The van der Waals surface area contributed by atoms with Crippen LogP contribution in [0.25, 0.3) is 0 Å². The zero-order valence-corrected chi connectivity index (χ0v) is 8.06. The molecule has 13 heavy (non-hydrogen) atoms. The SMILES string of the molecule is O=C1CC/C(=C/C#CCCCCl)O1. The predicted octanol–water partition coefficient (Wildman–Crippen LogP) is 2.23. The lowest BCUT2D eigenvalue weighted by Crippen LogP contribution is -1.88. The normalized spacial score (nSPS) is 18.2. The second-order valence-electron chi connectivity index (χ2n) is 2.70. The summed E-state index contributed by atoms with van der Waals surface area (Å²) in [5.41, 5.74) is 0. The average molecular weight is 199 g/mol. The van der Waals surface area contributed by atoms with Gasteiger partial charge in [0, 0.05) is 24.8 Å². The molecular formula is C10H11ClO2. The van der Waals surface area contributed by atoms with Crippen LogP contribution >= 0.6 is 11.6 Å². The molecule has 1 saturated heterocycles. The number of cyclic esters (lactones) is 1. The number of halogens is 1. The van der Waals surface area contributed by atoms with Gasteiger partial charge in [-0.1, -0.05) is 11.8 Å². The Morgan fingerprint density at radius 3 is 3.00 bits per heavy atom. The molecule has 0 aliphatic carbocycles. The van der Waals surface area contributed by atoms with E-state index in [2.05, 4.69) is 11.8 Å². The fraction of sp³-hybridized carbons (Fsp3) is 0.500. The number of carbonyl (C=O) groups is 1. The molecule has 2 nitrogen and oxygen atoms in total. The molecule has 1 aliphatic heterocycles. The Bertz CT molecular complexity index is 270. The van der Waals surface area contributed by atoms with Gasteiger partial charge in [-0.15, -0.1) is 11.6 Å². The number of allylic oxidation sites excluding steroid dienone is 2. The third kappa shape index (κ3) is 4.00. The highest BCUT2D eigenvalue weighted by molar-refractivity contribution is 6.17. The Morgan fingerprint density at radius 2 is 2.38 bits per heavy atom. The average Bonchev–Trinajstić information content (AvgIpc) is 2.51. The van der Waals surface area contributed by atoms with Gasteiger partial charge in [-0.05, 0) is 6.42 Å². The molecule has 3 heteroatoms. The maximum Gasteiger partial charge on any atom is 0.311 e. The van der Waals surface area contributed by atoms with Crippen molar-refractivity contribution in [1.82, 2.24) is 0 Å². The lowest BCUT2D eigenvalue weighted by Gasteiger charge is -1.89. The minimum absolute atomic E-state index is 0.159. The van der Waals surface area contributed by atoms with Crippen LogP contribution in [0.5, 0.6) is 0 Å². The van der Waals surface area contributed by atoms with Crippen molar-refractivity contribution >= 4 is 17.6 Å². The molecule has 0 unspecified atom stereocenters. The summed E-state index contributed by atoms with van der Waals surface area (Å²) in [5, 5.41) is 0. The first kappa shape index (κ1) is 10.1. The first-order valence-electron chi connectivity index (χ1n) is 4.27. The summed E-state index contributed by atoms with van der Waals surface area (Å²) in [6, 6.07) is 0. The summed E-state index contributed by atoms with van der Waals surface area (Å²) in [6.45, 7) is 0. The fourth-order valence-corrected chi connectivity index (χ4v) is 1.07. The smallest absolute Gasteiger partial charge is 0.311 e. The van der Waals surface area contributed by atoms with E-state index in [9.17, 15) is 4.79 Å². The summed E-state index contributed by atoms with van der Waals surface area (Å²) in [7, 11) is 0. The Balaban J connectivity index is 2.29. The summed E-state index contributed by atoms with van der Waals surface area (Å²) in [6.07, 6.45) is 4.52. The number of alkyl halides is 1. The molecule has 0 atom stereocenters. The van der Waals surface area contributed by atoms with Crippen molar-refractivity contribution in [2.24, 2.45) is 0 Å². The van der Waals surface area contributed by atoms with Gasteiger partial charge in [-0.3, -0.25) is 4.79 Å². The van der Waals surface area contributed by atoms with Gasteiger partial charge >= 0.3 is 5.97 Å². The van der Waals surface area contributed by atoms with Crippen LogP contribution in [0.3, 0.4) is 0 Å². The van der Waals surface area contributed by atoms with Gasteiger partial charge < -0.3 is 4.74 Å². The van der Waals surface area contributed by atoms with Crippen molar-refractivity contribution in [3.63, 3.8) is 0 Å². The summed E-state index contributed by atoms with van der Waals surface area (Å²) >= 11 is 5.47. The number of rotatable bonds is 2. The van der Waals surface area contributed by atoms with Crippen LogP contribution in [-0.2, 0) is 9.53 Å². The van der Waals surface area contributed by atoms with E-state index in [4.69, 9.17) is 16.3 Å². The third-order valence-electron chi connectivity index (χ3n) is 1.59. The molecule has 0 aromatic rings. The van der Waals surface area contributed by atoms with Crippen molar-refractivity contribution in [1.29, 1.82) is 0 Å². The molecule has 70 valence electrons. The van der Waals surface area contributed by atoms with Gasteiger partial charge in [-0.2, -0.15) is 0 Å². The highest BCUT2D eigenvalue weighted by Gasteiger charge is 2.15. The van der Waals surface area contributed by atoms with Crippen LogP contribution in [0.1, 0.15) is 25.7 Å². The minimum Gasteiger partial charge on any atom is -0.430 e. The van der Waals surface area contributed by atoms with E-state index in [0.717, 1.165) is 12.8 Å². The number of esters is 1. The second kappa shape index (κ2) is 5.66. The quantitative estimate of drug-likeness (QED) is 0.294. The van der Waals surface area contributed by atoms with Crippen LogP contribution in [0.15, 0.2) is 11.8 Å². The molecule has 1 aliphatic rings. The zero-order valence-electron chi connectivity index (χ0n) is 7.31. The maximum absolute atomic E-state index is 10.7. The molecule has 1 fully saturated rings. The van der Waals surface area contributed by atoms with Crippen LogP contribution in [0, 0.1) is 11.8 Å². The minimum atomic E-state index is -0.159. The van der Waals surface area contributed by atoms with E-state index < -0.39 is 0 Å². The number of carbonyl (C=O) groups excluding carboxylic acids is 1. The molecule has 0 aromatic heterocycles. The van der Waals surface area contributed by atoms with Gasteiger partial charge in [0.2, 0.25) is 0 Å².